The van der Waals surface area contributed by atoms with Crippen molar-refractivity contribution in [1.29, 1.82) is 0 Å². The molecule has 0 bridgehead atoms. The molecule has 5 heteroatoms. The molecule has 1 atom stereocenters. The van der Waals surface area contributed by atoms with E-state index in [-0.39, 0.29) is 0 Å². The summed E-state index contributed by atoms with van der Waals surface area (Å²) in [5, 5.41) is 18.7. The van der Waals surface area contributed by atoms with Crippen LogP contribution in [0.4, 0.5) is 0 Å². The van der Waals surface area contributed by atoms with E-state index in [2.05, 4.69) is 22.5 Å². The molecule has 2 heterocycles. The van der Waals surface area contributed by atoms with E-state index in [1.807, 2.05) is 56.0 Å². The van der Waals surface area contributed by atoms with Crippen molar-refractivity contribution in [2.75, 3.05) is 6.54 Å². The average Bonchev–Trinajstić information content (AvgIpc) is 3.10. The summed E-state index contributed by atoms with van der Waals surface area (Å²) in [7, 11) is 1.92. The van der Waals surface area contributed by atoms with E-state index in [1.165, 1.54) is 0 Å². The molecular weight excluding hydrogens is 314 g/mol. The minimum Gasteiger partial charge on any atom is -0.466 e. The summed E-state index contributed by atoms with van der Waals surface area (Å²) in [6.45, 7) is 6.63. The first-order valence-corrected chi connectivity index (χ1v) is 8.45. The molecule has 3 rings (SSSR count). The number of hydrogen-bond donors (Lipinski definition) is 2. The summed E-state index contributed by atoms with van der Waals surface area (Å²) in [6, 6.07) is 12.0. The fourth-order valence-electron chi connectivity index (χ4n) is 3.21. The second-order valence-electron chi connectivity index (χ2n) is 6.75. The largest absolute Gasteiger partial charge is 0.466 e. The Balaban J connectivity index is 1.71. The predicted octanol–water partition coefficient (Wildman–Crippen LogP) is 3.29. The number of aryl methyl sites for hydroxylation is 3. The van der Waals surface area contributed by atoms with Crippen molar-refractivity contribution in [2.45, 2.75) is 32.9 Å². The minimum atomic E-state index is -0.989. The molecule has 132 valence electrons. The topological polar surface area (TPSA) is 63.2 Å². The van der Waals surface area contributed by atoms with E-state index in [1.54, 1.807) is 6.92 Å². The van der Waals surface area contributed by atoms with E-state index < -0.39 is 5.60 Å². The van der Waals surface area contributed by atoms with Gasteiger partial charge in [-0.3, -0.25) is 4.68 Å². The van der Waals surface area contributed by atoms with Gasteiger partial charge in [0, 0.05) is 43.0 Å². The van der Waals surface area contributed by atoms with Gasteiger partial charge in [-0.05, 0) is 26.8 Å². The first kappa shape index (κ1) is 17.5. The number of nitrogens with one attached hydrogen (secondary N) is 1. The number of aromatic nitrogens is 2. The Kier molecular flexibility index (Phi) is 4.79. The van der Waals surface area contributed by atoms with Crippen LogP contribution in [0.2, 0.25) is 0 Å². The van der Waals surface area contributed by atoms with Crippen molar-refractivity contribution in [3.63, 3.8) is 0 Å². The van der Waals surface area contributed by atoms with Gasteiger partial charge in [0.15, 0.2) is 0 Å². The number of rotatable bonds is 6. The molecule has 0 aliphatic rings. The normalized spacial score (nSPS) is 13.8. The van der Waals surface area contributed by atoms with Gasteiger partial charge in [0.2, 0.25) is 0 Å². The average molecular weight is 339 g/mol. The molecule has 0 saturated carbocycles. The van der Waals surface area contributed by atoms with Crippen LogP contribution in [0.5, 0.6) is 0 Å². The van der Waals surface area contributed by atoms with Gasteiger partial charge in [0.05, 0.1) is 5.69 Å². The van der Waals surface area contributed by atoms with Gasteiger partial charge < -0.3 is 14.8 Å². The smallest absolute Gasteiger partial charge is 0.107 e. The Morgan fingerprint density at radius 2 is 1.96 bits per heavy atom. The molecule has 0 amide bonds. The predicted molar refractivity (Wildman–Crippen MR) is 98.1 cm³/mol. The molecule has 0 aliphatic carbocycles. The maximum Gasteiger partial charge on any atom is 0.107 e. The van der Waals surface area contributed by atoms with Crippen molar-refractivity contribution < 1.29 is 9.52 Å². The molecule has 2 N–H and O–H groups in total. The Bertz CT molecular complexity index is 847. The van der Waals surface area contributed by atoms with E-state index >= 15 is 0 Å². The van der Waals surface area contributed by atoms with Gasteiger partial charge in [0.25, 0.3) is 0 Å². The molecule has 3 aromatic rings. The lowest BCUT2D eigenvalue weighted by Crippen LogP contribution is -2.35. The zero-order chi connectivity index (χ0) is 18.0. The van der Waals surface area contributed by atoms with Crippen LogP contribution in [0.25, 0.3) is 11.3 Å². The van der Waals surface area contributed by atoms with Crippen LogP contribution in [0, 0.1) is 13.8 Å². The van der Waals surface area contributed by atoms with Crippen molar-refractivity contribution in [1.82, 2.24) is 15.1 Å². The first-order chi connectivity index (χ1) is 11.9. The minimum absolute atomic E-state index is 0.427. The number of benzene rings is 1. The summed E-state index contributed by atoms with van der Waals surface area (Å²) >= 11 is 0. The van der Waals surface area contributed by atoms with Crippen LogP contribution in [-0.4, -0.2) is 21.4 Å². The van der Waals surface area contributed by atoms with Crippen LogP contribution in [0.15, 0.2) is 47.0 Å². The summed E-state index contributed by atoms with van der Waals surface area (Å²) in [5.74, 6) is 1.57. The molecule has 0 radical (unpaired) electrons. The van der Waals surface area contributed by atoms with Crippen LogP contribution in [0.1, 0.15) is 29.6 Å². The van der Waals surface area contributed by atoms with Crippen molar-refractivity contribution in [2.24, 2.45) is 7.05 Å². The highest BCUT2D eigenvalue weighted by molar-refractivity contribution is 5.62. The fraction of sp³-hybridized carbons (Fsp3) is 0.350. The first-order valence-electron chi connectivity index (χ1n) is 8.45. The maximum absolute atomic E-state index is 10.8. The third-order valence-electron chi connectivity index (χ3n) is 4.36. The van der Waals surface area contributed by atoms with Gasteiger partial charge >= 0.3 is 0 Å². The van der Waals surface area contributed by atoms with Crippen LogP contribution < -0.4 is 5.32 Å². The fourth-order valence-corrected chi connectivity index (χ4v) is 3.21. The lowest BCUT2D eigenvalue weighted by molar-refractivity contribution is 0.0552. The Hall–Kier alpha value is -2.37. The number of aliphatic hydroxyl groups is 1. The monoisotopic (exact) mass is 339 g/mol. The zero-order valence-corrected chi connectivity index (χ0v) is 15.2. The molecule has 5 nitrogen and oxygen atoms in total. The molecule has 0 aliphatic heterocycles. The summed E-state index contributed by atoms with van der Waals surface area (Å²) < 4.78 is 7.37. The molecule has 25 heavy (non-hydrogen) atoms. The van der Waals surface area contributed by atoms with Crippen LogP contribution >= 0.6 is 0 Å². The van der Waals surface area contributed by atoms with Gasteiger partial charge in [0.1, 0.15) is 17.1 Å². The highest BCUT2D eigenvalue weighted by Crippen LogP contribution is 2.27. The molecule has 0 saturated heterocycles. The Morgan fingerprint density at radius 3 is 2.60 bits per heavy atom. The summed E-state index contributed by atoms with van der Waals surface area (Å²) in [5.41, 5.74) is 2.99. The highest BCUT2D eigenvalue weighted by Gasteiger charge is 2.27. The number of hydrogen-bond acceptors (Lipinski definition) is 4. The lowest BCUT2D eigenvalue weighted by atomic mass is 9.96. The number of nitrogens with zero attached hydrogens (tertiary/aromatic N) is 2. The van der Waals surface area contributed by atoms with Crippen molar-refractivity contribution in [3.05, 3.63) is 65.2 Å². The van der Waals surface area contributed by atoms with E-state index in [0.29, 0.717) is 13.1 Å². The van der Waals surface area contributed by atoms with Crippen molar-refractivity contribution in [3.8, 4) is 11.3 Å². The van der Waals surface area contributed by atoms with Crippen LogP contribution in [0.3, 0.4) is 0 Å². The molecule has 1 unspecified atom stereocenters. The van der Waals surface area contributed by atoms with Crippen molar-refractivity contribution >= 4 is 0 Å². The van der Waals surface area contributed by atoms with Gasteiger partial charge in [-0.1, -0.05) is 30.3 Å². The Morgan fingerprint density at radius 1 is 1.24 bits per heavy atom. The molecular formula is C20H25N3O2. The zero-order valence-electron chi connectivity index (χ0n) is 15.2. The molecule has 0 fully saturated rings. The van der Waals surface area contributed by atoms with E-state index in [9.17, 15) is 5.11 Å². The number of furan rings is 1. The second-order valence-corrected chi connectivity index (χ2v) is 6.75. The van der Waals surface area contributed by atoms with E-state index in [0.717, 1.165) is 33.9 Å². The Labute approximate surface area is 148 Å². The van der Waals surface area contributed by atoms with Gasteiger partial charge in [-0.25, -0.2) is 0 Å². The summed E-state index contributed by atoms with van der Waals surface area (Å²) in [6.07, 6.45) is 2.01. The molecule has 0 spiro atoms. The molecule has 2 aromatic heterocycles. The van der Waals surface area contributed by atoms with E-state index in [4.69, 9.17) is 4.42 Å². The molecule has 1 aromatic carbocycles. The quantitative estimate of drug-likeness (QED) is 0.723. The third kappa shape index (κ3) is 3.83. The second kappa shape index (κ2) is 6.86. The van der Waals surface area contributed by atoms with Gasteiger partial charge in [-0.15, -0.1) is 0 Å². The standard InChI is InChI=1S/C20H25N3O2/c1-14-10-18(15(2)25-14)20(3,24)13-21-11-17-12-23(4)22-19(17)16-8-6-5-7-9-16/h5-10,12,21,24H,11,13H2,1-4H3. The van der Waals surface area contributed by atoms with Crippen LogP contribution in [-0.2, 0) is 19.2 Å². The SMILES string of the molecule is Cc1cc(C(C)(O)CNCc2cn(C)nc2-c2ccccc2)c(C)o1. The third-order valence-corrected chi connectivity index (χ3v) is 4.36. The lowest BCUT2D eigenvalue weighted by Gasteiger charge is -2.23. The maximum atomic E-state index is 10.8. The van der Waals surface area contributed by atoms with Gasteiger partial charge in [-0.2, -0.15) is 5.10 Å². The highest BCUT2D eigenvalue weighted by atomic mass is 16.3. The summed E-state index contributed by atoms with van der Waals surface area (Å²) in [4.78, 5) is 0.